The molecule has 0 bridgehead atoms. The fourth-order valence-electron chi connectivity index (χ4n) is 3.65. The van der Waals surface area contributed by atoms with Crippen molar-refractivity contribution in [3.63, 3.8) is 0 Å². The molecule has 9 nitrogen and oxygen atoms in total. The van der Waals surface area contributed by atoms with Gasteiger partial charge in [0.25, 0.3) is 5.91 Å². The molecule has 1 aromatic heterocycles. The molecule has 37 heavy (non-hydrogen) atoms. The number of nitrogens with one attached hydrogen (secondary N) is 2. The first kappa shape index (κ1) is 27.7. The number of esters is 1. The van der Waals surface area contributed by atoms with Crippen molar-refractivity contribution >= 4 is 35.2 Å². The number of allylic oxidation sites excluding steroid dienone is 1. The first-order chi connectivity index (χ1) is 17.7. The van der Waals surface area contributed by atoms with Gasteiger partial charge in [0.1, 0.15) is 0 Å². The van der Waals surface area contributed by atoms with Gasteiger partial charge < -0.3 is 19.9 Å². The molecule has 0 unspecified atom stereocenters. The number of benzene rings is 2. The maximum absolute atomic E-state index is 13.0. The molecule has 0 aliphatic heterocycles. The second-order valence-electron chi connectivity index (χ2n) is 8.71. The topological polar surface area (TPSA) is 115 Å². The zero-order valence-corrected chi connectivity index (χ0v) is 22.2. The lowest BCUT2D eigenvalue weighted by Gasteiger charge is -2.22. The Morgan fingerprint density at radius 2 is 1.84 bits per heavy atom. The summed E-state index contributed by atoms with van der Waals surface area (Å²) in [7, 11) is 1.30. The van der Waals surface area contributed by atoms with Crippen LogP contribution in [0.5, 0.6) is 0 Å². The normalized spacial score (nSPS) is 11.6. The van der Waals surface area contributed by atoms with Crippen molar-refractivity contribution in [2.75, 3.05) is 18.2 Å². The van der Waals surface area contributed by atoms with Crippen LogP contribution in [0.25, 0.3) is 0 Å². The predicted octanol–water partition coefficient (Wildman–Crippen LogP) is 4.42. The zero-order valence-electron chi connectivity index (χ0n) is 21.4. The number of carbonyl (C=O) groups excluding carboxylic acids is 3. The summed E-state index contributed by atoms with van der Waals surface area (Å²) in [4.78, 5) is 37.3. The smallest absolute Gasteiger partial charge is 0.337 e. The highest BCUT2D eigenvalue weighted by Gasteiger charge is 2.26. The third kappa shape index (κ3) is 7.29. The lowest BCUT2D eigenvalue weighted by atomic mass is 10.0. The summed E-state index contributed by atoms with van der Waals surface area (Å²) in [5.74, 6) is -0.257. The summed E-state index contributed by atoms with van der Waals surface area (Å²) in [5.41, 5.74) is 2.40. The van der Waals surface area contributed by atoms with E-state index >= 15 is 0 Å². The van der Waals surface area contributed by atoms with Crippen LogP contribution < -0.4 is 10.6 Å². The maximum Gasteiger partial charge on any atom is 0.337 e. The Morgan fingerprint density at radius 1 is 1.11 bits per heavy atom. The summed E-state index contributed by atoms with van der Waals surface area (Å²) in [6.07, 6.45) is 1.72. The van der Waals surface area contributed by atoms with E-state index in [1.54, 1.807) is 36.4 Å². The van der Waals surface area contributed by atoms with Crippen molar-refractivity contribution in [1.82, 2.24) is 20.1 Å². The van der Waals surface area contributed by atoms with Crippen molar-refractivity contribution in [3.05, 3.63) is 83.7 Å². The number of ether oxygens (including phenoxy) is 1. The number of amides is 2. The quantitative estimate of drug-likeness (QED) is 0.218. The number of aromatic nitrogens is 3. The molecule has 2 N–H and O–H groups in total. The molecule has 1 atom stereocenters. The predicted molar refractivity (Wildman–Crippen MR) is 144 cm³/mol. The monoisotopic (exact) mass is 521 g/mol. The minimum absolute atomic E-state index is 0.0322. The van der Waals surface area contributed by atoms with Crippen molar-refractivity contribution < 1.29 is 19.1 Å². The SMILES string of the molecule is C=CCn1c(SCC(=O)Nc2cccc(C(=O)OC)c2)nnc1[C@@H](NC(=O)c1cccc(C)c1)C(C)C. The molecule has 3 aromatic rings. The van der Waals surface area contributed by atoms with Crippen LogP contribution in [0, 0.1) is 12.8 Å². The fourth-order valence-corrected chi connectivity index (χ4v) is 4.40. The van der Waals surface area contributed by atoms with Crippen LogP contribution in [0.15, 0.2) is 66.3 Å². The lowest BCUT2D eigenvalue weighted by molar-refractivity contribution is -0.113. The number of aryl methyl sites for hydroxylation is 1. The molecular weight excluding hydrogens is 490 g/mol. The van der Waals surface area contributed by atoms with Gasteiger partial charge in [-0.05, 0) is 43.2 Å². The van der Waals surface area contributed by atoms with E-state index in [-0.39, 0.29) is 23.5 Å². The number of hydrogen-bond donors (Lipinski definition) is 2. The molecule has 0 fully saturated rings. The molecule has 0 saturated heterocycles. The molecule has 0 aliphatic rings. The van der Waals surface area contributed by atoms with Gasteiger partial charge in [-0.2, -0.15) is 0 Å². The van der Waals surface area contributed by atoms with E-state index in [1.807, 2.05) is 43.5 Å². The molecule has 1 heterocycles. The van der Waals surface area contributed by atoms with E-state index in [0.29, 0.717) is 34.3 Å². The van der Waals surface area contributed by atoms with Crippen LogP contribution in [-0.2, 0) is 16.1 Å². The Morgan fingerprint density at radius 3 is 2.51 bits per heavy atom. The number of rotatable bonds is 11. The Kier molecular flexibility index (Phi) is 9.62. The van der Waals surface area contributed by atoms with Crippen molar-refractivity contribution in [3.8, 4) is 0 Å². The largest absolute Gasteiger partial charge is 0.465 e. The molecule has 2 amide bonds. The highest BCUT2D eigenvalue weighted by atomic mass is 32.2. The number of thioether (sulfide) groups is 1. The van der Waals surface area contributed by atoms with Gasteiger partial charge in [0, 0.05) is 17.8 Å². The average molecular weight is 522 g/mol. The second kappa shape index (κ2) is 12.9. The summed E-state index contributed by atoms with van der Waals surface area (Å²) in [6.45, 7) is 10.2. The first-order valence-corrected chi connectivity index (χ1v) is 12.7. The van der Waals surface area contributed by atoms with Crippen LogP contribution in [0.2, 0.25) is 0 Å². The summed E-state index contributed by atoms with van der Waals surface area (Å²) >= 11 is 1.22. The van der Waals surface area contributed by atoms with Crippen molar-refractivity contribution in [2.45, 2.75) is 38.5 Å². The van der Waals surface area contributed by atoms with E-state index < -0.39 is 12.0 Å². The molecule has 10 heteroatoms. The van der Waals surface area contributed by atoms with Crippen LogP contribution in [0.1, 0.15) is 52.0 Å². The Balaban J connectivity index is 1.73. The van der Waals surface area contributed by atoms with Gasteiger partial charge >= 0.3 is 5.97 Å². The fraction of sp³-hybridized carbons (Fsp3) is 0.296. The number of methoxy groups -OCH3 is 1. The third-order valence-electron chi connectivity index (χ3n) is 5.47. The van der Waals surface area contributed by atoms with Gasteiger partial charge in [-0.25, -0.2) is 4.79 Å². The van der Waals surface area contributed by atoms with Crippen molar-refractivity contribution in [2.24, 2.45) is 5.92 Å². The van der Waals surface area contributed by atoms with Crippen LogP contribution in [0.3, 0.4) is 0 Å². The standard InChI is InChI=1S/C27H31N5O4S/c1-6-13-32-24(23(17(2)3)29-25(34)19-10-7-9-18(4)14-19)30-31-27(32)37-16-22(33)28-21-12-8-11-20(15-21)26(35)36-5/h6-12,14-15,17,23H,1,13,16H2,2-5H3,(H,28,33)(H,29,34)/t23-/m0/s1. The zero-order chi connectivity index (χ0) is 26.9. The molecule has 194 valence electrons. The van der Waals surface area contributed by atoms with Crippen LogP contribution in [-0.4, -0.2) is 45.4 Å². The minimum atomic E-state index is -0.482. The number of carbonyl (C=O) groups is 3. The van der Waals surface area contributed by atoms with Crippen LogP contribution in [0.4, 0.5) is 5.69 Å². The number of hydrogen-bond acceptors (Lipinski definition) is 7. The number of nitrogens with zero attached hydrogens (tertiary/aromatic N) is 3. The van der Waals surface area contributed by atoms with Gasteiger partial charge in [-0.1, -0.05) is 55.4 Å². The summed E-state index contributed by atoms with van der Waals surface area (Å²) in [6, 6.07) is 13.5. The molecule has 0 spiro atoms. The molecule has 3 rings (SSSR count). The van der Waals surface area contributed by atoms with Crippen LogP contribution >= 0.6 is 11.8 Å². The molecular formula is C27H31N5O4S. The average Bonchev–Trinajstić information content (AvgIpc) is 3.27. The van der Waals surface area contributed by atoms with Gasteiger partial charge in [0.15, 0.2) is 11.0 Å². The molecule has 0 aliphatic carbocycles. The van der Waals surface area contributed by atoms with E-state index in [2.05, 4.69) is 27.4 Å². The lowest BCUT2D eigenvalue weighted by Crippen LogP contribution is -2.34. The van der Waals surface area contributed by atoms with E-state index in [0.717, 1.165) is 5.56 Å². The van der Waals surface area contributed by atoms with E-state index in [1.165, 1.54) is 18.9 Å². The highest BCUT2D eigenvalue weighted by Crippen LogP contribution is 2.26. The van der Waals surface area contributed by atoms with E-state index in [9.17, 15) is 14.4 Å². The second-order valence-corrected chi connectivity index (χ2v) is 9.66. The minimum Gasteiger partial charge on any atom is -0.465 e. The van der Waals surface area contributed by atoms with Crippen molar-refractivity contribution in [1.29, 1.82) is 0 Å². The Hall–Kier alpha value is -3.92. The molecule has 2 aromatic carbocycles. The van der Waals surface area contributed by atoms with Gasteiger partial charge in [-0.15, -0.1) is 16.8 Å². The Bertz CT molecular complexity index is 1290. The van der Waals surface area contributed by atoms with E-state index in [4.69, 9.17) is 4.74 Å². The molecule has 0 radical (unpaired) electrons. The maximum atomic E-state index is 13.0. The number of anilines is 1. The van der Waals surface area contributed by atoms with Gasteiger partial charge in [0.05, 0.1) is 24.5 Å². The van der Waals surface area contributed by atoms with Gasteiger partial charge in [0.2, 0.25) is 5.91 Å². The highest BCUT2D eigenvalue weighted by molar-refractivity contribution is 7.99. The Labute approximate surface area is 220 Å². The summed E-state index contributed by atoms with van der Waals surface area (Å²) in [5, 5.41) is 15.1. The third-order valence-corrected chi connectivity index (χ3v) is 6.44. The molecule has 0 saturated carbocycles. The summed E-state index contributed by atoms with van der Waals surface area (Å²) < 4.78 is 6.57. The first-order valence-electron chi connectivity index (χ1n) is 11.8. The van der Waals surface area contributed by atoms with Gasteiger partial charge in [-0.3, -0.25) is 9.59 Å².